The number of ether oxygens (including phenoxy) is 2. The molecule has 4 atom stereocenters. The number of alkyl halides is 1. The van der Waals surface area contributed by atoms with E-state index in [0.29, 0.717) is 11.3 Å². The third-order valence-corrected chi connectivity index (χ3v) is 5.78. The van der Waals surface area contributed by atoms with Gasteiger partial charge in [0, 0.05) is 12.1 Å². The Kier molecular flexibility index (Phi) is 6.46. The number of halogens is 2. The van der Waals surface area contributed by atoms with Gasteiger partial charge in [-0.05, 0) is 29.3 Å². The number of hydrogen-bond acceptors (Lipinski definition) is 10. The van der Waals surface area contributed by atoms with Crippen molar-refractivity contribution in [2.24, 2.45) is 0 Å². The number of benzene rings is 1. The van der Waals surface area contributed by atoms with E-state index in [1.807, 2.05) is 0 Å². The summed E-state index contributed by atoms with van der Waals surface area (Å²) < 4.78 is 27.0. The van der Waals surface area contributed by atoms with Crippen molar-refractivity contribution < 1.29 is 38.8 Å². The summed E-state index contributed by atoms with van der Waals surface area (Å²) in [6.45, 7) is -0.754. The molecule has 1 saturated heterocycles. The van der Waals surface area contributed by atoms with E-state index in [0.717, 1.165) is 4.57 Å². The van der Waals surface area contributed by atoms with Crippen LogP contribution < -0.4 is 11.5 Å². The highest BCUT2D eigenvalue weighted by molar-refractivity contribution is 6.28. The standard InChI is InChI=1S/C20H20ClFN6O7/c21-19-26-14(24)12-15(27-19)28(7-25-12)16-11(22)13(29)10(35-16)6-34-20(17(30)31,18(32)33)5-8-1-3-9(23)4-2-8/h1-4,7,10-11,13,16,29H,5-6,23H2,(H,30,31)(H,32,33)(H2,24,26,27)/t10-,11+,13-,16-/m1/s1. The molecule has 0 aliphatic carbocycles. The van der Waals surface area contributed by atoms with E-state index >= 15 is 4.39 Å². The lowest BCUT2D eigenvalue weighted by atomic mass is 9.94. The fourth-order valence-corrected chi connectivity index (χ4v) is 3.90. The predicted molar refractivity (Wildman–Crippen MR) is 118 cm³/mol. The van der Waals surface area contributed by atoms with Crippen LogP contribution in [0.25, 0.3) is 11.2 Å². The maximum atomic E-state index is 15.0. The van der Waals surface area contributed by atoms with Crippen LogP contribution >= 0.6 is 11.6 Å². The highest BCUT2D eigenvalue weighted by Gasteiger charge is 2.52. The smallest absolute Gasteiger partial charge is 0.348 e. The fraction of sp³-hybridized carbons (Fsp3) is 0.350. The summed E-state index contributed by atoms with van der Waals surface area (Å²) in [6.07, 6.45) is -6.11. The van der Waals surface area contributed by atoms with Gasteiger partial charge in [-0.2, -0.15) is 9.97 Å². The van der Waals surface area contributed by atoms with E-state index in [9.17, 15) is 24.9 Å². The highest BCUT2D eigenvalue weighted by Crippen LogP contribution is 2.35. The number of rotatable bonds is 8. The van der Waals surface area contributed by atoms with E-state index in [1.165, 1.54) is 30.6 Å². The Morgan fingerprint density at radius 3 is 2.49 bits per heavy atom. The molecule has 1 aliphatic heterocycles. The van der Waals surface area contributed by atoms with Crippen molar-refractivity contribution in [2.75, 3.05) is 18.1 Å². The van der Waals surface area contributed by atoms with Crippen LogP contribution in [0, 0.1) is 0 Å². The van der Waals surface area contributed by atoms with E-state index in [4.69, 9.17) is 32.5 Å². The lowest BCUT2D eigenvalue weighted by molar-refractivity contribution is -0.190. The normalized spacial score (nSPS) is 22.5. The van der Waals surface area contributed by atoms with Crippen molar-refractivity contribution >= 4 is 46.2 Å². The van der Waals surface area contributed by atoms with Crippen molar-refractivity contribution in [2.45, 2.75) is 36.6 Å². The first-order valence-corrected chi connectivity index (χ1v) is 10.5. The Bertz CT molecular complexity index is 1260. The van der Waals surface area contributed by atoms with Gasteiger partial charge in [0.2, 0.25) is 5.28 Å². The second-order valence-corrected chi connectivity index (χ2v) is 8.21. The molecule has 7 N–H and O–H groups in total. The molecule has 3 heterocycles. The highest BCUT2D eigenvalue weighted by atomic mass is 35.5. The number of nitrogen functional groups attached to an aromatic ring is 2. The van der Waals surface area contributed by atoms with Crippen molar-refractivity contribution in [3.63, 3.8) is 0 Å². The Hall–Kier alpha value is -3.59. The Labute approximate surface area is 201 Å². The summed E-state index contributed by atoms with van der Waals surface area (Å²) in [7, 11) is 0. The summed E-state index contributed by atoms with van der Waals surface area (Å²) in [5.41, 5.74) is 9.50. The van der Waals surface area contributed by atoms with Crippen molar-refractivity contribution in [1.29, 1.82) is 0 Å². The summed E-state index contributed by atoms with van der Waals surface area (Å²) in [5.74, 6) is -3.63. The molecule has 2 aromatic heterocycles. The number of aliphatic carboxylic acids is 2. The van der Waals surface area contributed by atoms with Gasteiger partial charge in [0.15, 0.2) is 23.9 Å². The van der Waals surface area contributed by atoms with Crippen LogP contribution in [0.5, 0.6) is 0 Å². The molecule has 15 heteroatoms. The van der Waals surface area contributed by atoms with Crippen LogP contribution in [0.2, 0.25) is 5.28 Å². The molecule has 0 spiro atoms. The van der Waals surface area contributed by atoms with Crippen LogP contribution in [0.15, 0.2) is 30.6 Å². The summed E-state index contributed by atoms with van der Waals surface area (Å²) in [6, 6.07) is 5.86. The molecule has 35 heavy (non-hydrogen) atoms. The minimum absolute atomic E-state index is 0.0395. The number of anilines is 2. The number of nitrogens with two attached hydrogens (primary N) is 2. The number of carbonyl (C=O) groups is 2. The van der Waals surface area contributed by atoms with Gasteiger partial charge >= 0.3 is 11.9 Å². The number of carboxylic acid groups (broad SMARTS) is 2. The van der Waals surface area contributed by atoms with Gasteiger partial charge in [0.25, 0.3) is 5.60 Å². The third kappa shape index (κ3) is 4.43. The predicted octanol–water partition coefficient (Wildman–Crippen LogP) is 0.408. The van der Waals surface area contributed by atoms with Crippen LogP contribution in [0.1, 0.15) is 11.8 Å². The van der Waals surface area contributed by atoms with Gasteiger partial charge in [0.05, 0.1) is 12.9 Å². The number of fused-ring (bicyclic) bond motifs is 1. The minimum Gasteiger partial charge on any atom is -0.479 e. The number of imidazole rings is 1. The lowest BCUT2D eigenvalue weighted by Crippen LogP contribution is -2.52. The van der Waals surface area contributed by atoms with Crippen molar-refractivity contribution in [3.05, 3.63) is 41.4 Å². The Morgan fingerprint density at radius 1 is 1.20 bits per heavy atom. The van der Waals surface area contributed by atoms with Gasteiger partial charge in [-0.15, -0.1) is 0 Å². The molecule has 0 radical (unpaired) electrons. The molecule has 1 fully saturated rings. The van der Waals surface area contributed by atoms with E-state index in [2.05, 4.69) is 15.0 Å². The molecule has 186 valence electrons. The summed E-state index contributed by atoms with van der Waals surface area (Å²) in [4.78, 5) is 35.7. The zero-order chi connectivity index (χ0) is 25.5. The zero-order valence-corrected chi connectivity index (χ0v) is 18.5. The summed E-state index contributed by atoms with van der Waals surface area (Å²) >= 11 is 5.82. The molecule has 0 bridgehead atoms. The fourth-order valence-electron chi connectivity index (χ4n) is 3.73. The average Bonchev–Trinajstić information content (AvgIpc) is 3.33. The van der Waals surface area contributed by atoms with E-state index < -0.39 is 55.2 Å². The number of aliphatic hydroxyl groups excluding tert-OH is 1. The first-order chi connectivity index (χ1) is 16.5. The zero-order valence-electron chi connectivity index (χ0n) is 17.8. The number of carboxylic acids is 2. The quantitative estimate of drug-likeness (QED) is 0.158. The van der Waals surface area contributed by atoms with E-state index in [1.54, 1.807) is 0 Å². The van der Waals surface area contributed by atoms with E-state index in [-0.39, 0.29) is 22.3 Å². The molecule has 1 aliphatic rings. The topological polar surface area (TPSA) is 209 Å². The SMILES string of the molecule is Nc1ccc(CC(OC[C@H]2O[C@@H](n3cnc4c(N)nc(Cl)nc43)[C@@H](F)[C@@H]2O)(C(=O)O)C(=O)O)cc1. The van der Waals surface area contributed by atoms with Crippen LogP contribution in [-0.2, 0) is 25.5 Å². The van der Waals surface area contributed by atoms with Gasteiger partial charge in [-0.3, -0.25) is 4.57 Å². The number of hydrogen-bond donors (Lipinski definition) is 5. The minimum atomic E-state index is -2.74. The summed E-state index contributed by atoms with van der Waals surface area (Å²) in [5, 5.41) is 29.6. The van der Waals surface area contributed by atoms with Gasteiger partial charge in [-0.25, -0.2) is 19.0 Å². The van der Waals surface area contributed by atoms with Crippen LogP contribution in [0.3, 0.4) is 0 Å². The lowest BCUT2D eigenvalue weighted by Gasteiger charge is -2.27. The molecule has 0 unspecified atom stereocenters. The molecule has 0 saturated carbocycles. The number of aromatic nitrogens is 4. The number of nitrogens with zero attached hydrogens (tertiary/aromatic N) is 4. The van der Waals surface area contributed by atoms with Crippen molar-refractivity contribution in [1.82, 2.24) is 19.5 Å². The van der Waals surface area contributed by atoms with Gasteiger partial charge < -0.3 is 36.3 Å². The number of aliphatic hydroxyl groups is 1. The second-order valence-electron chi connectivity index (χ2n) is 7.87. The Balaban J connectivity index is 1.57. The molecule has 13 nitrogen and oxygen atoms in total. The first-order valence-electron chi connectivity index (χ1n) is 10.1. The molecular weight excluding hydrogens is 491 g/mol. The van der Waals surface area contributed by atoms with Gasteiger partial charge in [-0.1, -0.05) is 12.1 Å². The third-order valence-electron chi connectivity index (χ3n) is 5.61. The average molecular weight is 511 g/mol. The van der Waals surface area contributed by atoms with Gasteiger partial charge in [0.1, 0.15) is 17.7 Å². The maximum absolute atomic E-state index is 15.0. The van der Waals surface area contributed by atoms with Crippen LogP contribution in [-0.4, -0.2) is 77.4 Å². The maximum Gasteiger partial charge on any atom is 0.348 e. The molecule has 1 aromatic carbocycles. The van der Waals surface area contributed by atoms with Crippen molar-refractivity contribution in [3.8, 4) is 0 Å². The molecule has 3 aromatic rings. The molecular formula is C20H20ClFN6O7. The first kappa shape index (κ1) is 24.5. The molecule has 0 amide bonds. The van der Waals surface area contributed by atoms with Crippen LogP contribution in [0.4, 0.5) is 15.9 Å². The monoisotopic (exact) mass is 510 g/mol. The Morgan fingerprint density at radius 2 is 1.86 bits per heavy atom. The second kappa shape index (κ2) is 9.22. The molecule has 4 rings (SSSR count). The largest absolute Gasteiger partial charge is 0.479 e.